The fourth-order valence-electron chi connectivity index (χ4n) is 1.93. The van der Waals surface area contributed by atoms with Crippen LogP contribution in [-0.2, 0) is 0 Å². The van der Waals surface area contributed by atoms with Gasteiger partial charge in [-0.15, -0.1) is 0 Å². The Labute approximate surface area is 129 Å². The Morgan fingerprint density at radius 1 is 1.11 bits per heavy atom. The van der Waals surface area contributed by atoms with Crippen molar-refractivity contribution >= 4 is 31.9 Å². The van der Waals surface area contributed by atoms with Gasteiger partial charge in [-0.3, -0.25) is 0 Å². The molecule has 100 valence electrons. The van der Waals surface area contributed by atoms with Gasteiger partial charge in [0.25, 0.3) is 0 Å². The van der Waals surface area contributed by atoms with E-state index in [1.807, 2.05) is 31.2 Å². The SMILES string of the molecule is COc1ccc(C(Br)c2ccc(Br)cc2F)c(C)c1. The van der Waals surface area contributed by atoms with Crippen molar-refractivity contribution in [3.05, 3.63) is 63.4 Å². The third-order valence-corrected chi connectivity index (χ3v) is 4.47. The highest BCUT2D eigenvalue weighted by Crippen LogP contribution is 2.36. The molecule has 0 spiro atoms. The third kappa shape index (κ3) is 3.18. The van der Waals surface area contributed by atoms with E-state index in [1.165, 1.54) is 6.07 Å². The minimum Gasteiger partial charge on any atom is -0.497 e. The second kappa shape index (κ2) is 6.06. The van der Waals surface area contributed by atoms with Gasteiger partial charge >= 0.3 is 0 Å². The quantitative estimate of drug-likeness (QED) is 0.641. The van der Waals surface area contributed by atoms with Crippen molar-refractivity contribution in [2.75, 3.05) is 7.11 Å². The first kappa shape index (κ1) is 14.5. The summed E-state index contributed by atoms with van der Waals surface area (Å²) in [6, 6.07) is 10.9. The number of hydrogen-bond donors (Lipinski definition) is 0. The van der Waals surface area contributed by atoms with Gasteiger partial charge in [0, 0.05) is 10.0 Å². The molecule has 0 aliphatic carbocycles. The molecule has 2 aromatic rings. The van der Waals surface area contributed by atoms with Gasteiger partial charge in [0.2, 0.25) is 0 Å². The molecule has 0 radical (unpaired) electrons. The lowest BCUT2D eigenvalue weighted by Crippen LogP contribution is -1.99. The van der Waals surface area contributed by atoms with Gasteiger partial charge in [-0.2, -0.15) is 0 Å². The average Bonchev–Trinajstić information content (AvgIpc) is 2.37. The lowest BCUT2D eigenvalue weighted by Gasteiger charge is -2.15. The number of aryl methyl sites for hydroxylation is 1. The maximum atomic E-state index is 14.0. The van der Waals surface area contributed by atoms with E-state index in [9.17, 15) is 4.39 Å². The van der Waals surface area contributed by atoms with Gasteiger partial charge in [0.1, 0.15) is 11.6 Å². The minimum absolute atomic E-state index is 0.175. The summed E-state index contributed by atoms with van der Waals surface area (Å²) in [6.07, 6.45) is 0. The molecule has 0 aromatic heterocycles. The predicted octanol–water partition coefficient (Wildman–Crippen LogP) is 5.39. The van der Waals surface area contributed by atoms with Crippen molar-refractivity contribution in [2.24, 2.45) is 0 Å². The number of ether oxygens (including phenoxy) is 1. The second-order valence-electron chi connectivity index (χ2n) is 4.25. The van der Waals surface area contributed by atoms with Crippen LogP contribution in [0, 0.1) is 12.7 Å². The molecule has 2 aromatic carbocycles. The summed E-state index contributed by atoms with van der Waals surface area (Å²) in [5, 5.41) is 0. The van der Waals surface area contributed by atoms with Gasteiger partial charge in [-0.1, -0.05) is 44.0 Å². The summed E-state index contributed by atoms with van der Waals surface area (Å²) in [7, 11) is 1.63. The highest BCUT2D eigenvalue weighted by atomic mass is 79.9. The molecule has 0 aliphatic heterocycles. The van der Waals surface area contributed by atoms with Crippen LogP contribution in [0.25, 0.3) is 0 Å². The molecule has 4 heteroatoms. The van der Waals surface area contributed by atoms with E-state index >= 15 is 0 Å². The lowest BCUT2D eigenvalue weighted by molar-refractivity contribution is 0.414. The average molecular weight is 388 g/mol. The Kier molecular flexibility index (Phi) is 4.63. The Bertz CT molecular complexity index is 599. The van der Waals surface area contributed by atoms with E-state index in [2.05, 4.69) is 31.9 Å². The molecule has 1 unspecified atom stereocenters. The predicted molar refractivity (Wildman–Crippen MR) is 82.6 cm³/mol. The molecular weight excluding hydrogens is 375 g/mol. The lowest BCUT2D eigenvalue weighted by atomic mass is 10.00. The van der Waals surface area contributed by atoms with Gasteiger partial charge < -0.3 is 4.74 Å². The number of benzene rings is 2. The molecule has 1 nitrogen and oxygen atoms in total. The van der Waals surface area contributed by atoms with Crippen LogP contribution >= 0.6 is 31.9 Å². The van der Waals surface area contributed by atoms with E-state index < -0.39 is 0 Å². The Hall–Kier alpha value is -0.870. The largest absolute Gasteiger partial charge is 0.497 e. The molecular formula is C15H13Br2FO. The third-order valence-electron chi connectivity index (χ3n) is 2.99. The fourth-order valence-corrected chi connectivity index (χ4v) is 3.15. The number of alkyl halides is 1. The molecule has 0 saturated heterocycles. The monoisotopic (exact) mass is 386 g/mol. The van der Waals surface area contributed by atoms with Crippen LogP contribution in [0.5, 0.6) is 5.75 Å². The van der Waals surface area contributed by atoms with Crippen molar-refractivity contribution in [2.45, 2.75) is 11.8 Å². The zero-order chi connectivity index (χ0) is 14.0. The van der Waals surface area contributed by atoms with E-state index in [0.29, 0.717) is 5.56 Å². The van der Waals surface area contributed by atoms with Crippen molar-refractivity contribution in [1.29, 1.82) is 0 Å². The first-order valence-corrected chi connectivity index (χ1v) is 7.47. The van der Waals surface area contributed by atoms with Gasteiger partial charge in [-0.25, -0.2) is 4.39 Å². The number of methoxy groups -OCH3 is 1. The van der Waals surface area contributed by atoms with Crippen LogP contribution in [0.15, 0.2) is 40.9 Å². The molecule has 0 bridgehead atoms. The van der Waals surface area contributed by atoms with Crippen LogP contribution in [-0.4, -0.2) is 7.11 Å². The standard InChI is InChI=1S/C15H13Br2FO/c1-9-7-11(19-2)4-6-12(9)15(17)13-5-3-10(16)8-14(13)18/h3-8,15H,1-2H3. The molecule has 1 atom stereocenters. The van der Waals surface area contributed by atoms with Crippen molar-refractivity contribution in [3.8, 4) is 5.75 Å². The van der Waals surface area contributed by atoms with Crippen LogP contribution < -0.4 is 4.74 Å². The van der Waals surface area contributed by atoms with Crippen LogP contribution in [0.3, 0.4) is 0 Å². The number of rotatable bonds is 3. The van der Waals surface area contributed by atoms with Gasteiger partial charge in [0.15, 0.2) is 0 Å². The van der Waals surface area contributed by atoms with Gasteiger partial charge in [-0.05, 0) is 42.3 Å². The smallest absolute Gasteiger partial charge is 0.129 e. The summed E-state index contributed by atoms with van der Waals surface area (Å²) in [5.41, 5.74) is 2.71. The summed E-state index contributed by atoms with van der Waals surface area (Å²) < 4.78 is 19.9. The van der Waals surface area contributed by atoms with Gasteiger partial charge in [0.05, 0.1) is 11.9 Å². The zero-order valence-corrected chi connectivity index (χ0v) is 13.8. The molecule has 0 fully saturated rings. The number of hydrogen-bond acceptors (Lipinski definition) is 1. The number of halogens is 3. The van der Waals surface area contributed by atoms with Crippen LogP contribution in [0.4, 0.5) is 4.39 Å². The first-order chi connectivity index (χ1) is 9.02. The highest BCUT2D eigenvalue weighted by Gasteiger charge is 2.17. The second-order valence-corrected chi connectivity index (χ2v) is 6.08. The molecule has 0 saturated carbocycles. The Morgan fingerprint density at radius 2 is 1.79 bits per heavy atom. The summed E-state index contributed by atoms with van der Waals surface area (Å²) in [6.45, 7) is 1.99. The molecule has 2 rings (SSSR count). The summed E-state index contributed by atoms with van der Waals surface area (Å²) in [5.74, 6) is 0.573. The molecule has 0 amide bonds. The molecule has 19 heavy (non-hydrogen) atoms. The molecule has 0 heterocycles. The van der Waals surface area contributed by atoms with E-state index in [-0.39, 0.29) is 10.6 Å². The van der Waals surface area contributed by atoms with Crippen LogP contribution in [0.2, 0.25) is 0 Å². The Balaban J connectivity index is 2.41. The maximum Gasteiger partial charge on any atom is 0.129 e. The Morgan fingerprint density at radius 3 is 2.37 bits per heavy atom. The first-order valence-electron chi connectivity index (χ1n) is 5.76. The van der Waals surface area contributed by atoms with E-state index in [1.54, 1.807) is 13.2 Å². The highest BCUT2D eigenvalue weighted by molar-refractivity contribution is 9.10. The van der Waals surface area contributed by atoms with E-state index in [4.69, 9.17) is 4.74 Å². The molecule has 0 N–H and O–H groups in total. The fraction of sp³-hybridized carbons (Fsp3) is 0.200. The van der Waals surface area contributed by atoms with E-state index in [0.717, 1.165) is 21.3 Å². The van der Waals surface area contributed by atoms with Crippen molar-refractivity contribution in [1.82, 2.24) is 0 Å². The molecule has 0 aliphatic rings. The summed E-state index contributed by atoms with van der Waals surface area (Å²) >= 11 is 6.83. The summed E-state index contributed by atoms with van der Waals surface area (Å²) in [4.78, 5) is -0.175. The normalized spacial score (nSPS) is 12.3. The topological polar surface area (TPSA) is 9.23 Å². The zero-order valence-electron chi connectivity index (χ0n) is 10.6. The minimum atomic E-state index is -0.230. The van der Waals surface area contributed by atoms with Crippen molar-refractivity contribution in [3.63, 3.8) is 0 Å². The van der Waals surface area contributed by atoms with Crippen molar-refractivity contribution < 1.29 is 9.13 Å². The maximum absolute atomic E-state index is 14.0. The van der Waals surface area contributed by atoms with Crippen LogP contribution in [0.1, 0.15) is 21.5 Å².